The van der Waals surface area contributed by atoms with E-state index < -0.39 is 0 Å². The van der Waals surface area contributed by atoms with Crippen LogP contribution in [-0.2, 0) is 6.54 Å². The summed E-state index contributed by atoms with van der Waals surface area (Å²) in [6.07, 6.45) is 1.19. The molecule has 5 rings (SSSR count). The largest absolute Gasteiger partial charge is 0.297 e. The fraction of sp³-hybridized carbons (Fsp3) is 0.231. The molecule has 1 atom stereocenters. The van der Waals surface area contributed by atoms with Crippen LogP contribution in [0.5, 0.6) is 0 Å². The summed E-state index contributed by atoms with van der Waals surface area (Å²) in [5.74, 6) is 0. The molecule has 2 heterocycles. The number of nitrogens with zero attached hydrogens (tertiary/aromatic N) is 1. The smallest absolute Gasteiger partial charge is 0.0793 e. The Bertz CT molecular complexity index is 1170. The quantitative estimate of drug-likeness (QED) is 0.299. The summed E-state index contributed by atoms with van der Waals surface area (Å²) in [6, 6.07) is 26.3. The van der Waals surface area contributed by atoms with E-state index in [4.69, 9.17) is 11.6 Å². The molecule has 0 amide bonds. The van der Waals surface area contributed by atoms with Crippen molar-refractivity contribution in [1.82, 2.24) is 9.62 Å². The second-order valence-electron chi connectivity index (χ2n) is 8.16. The van der Waals surface area contributed by atoms with E-state index in [1.165, 1.54) is 43.0 Å². The van der Waals surface area contributed by atoms with Crippen molar-refractivity contribution in [2.75, 3.05) is 13.1 Å². The van der Waals surface area contributed by atoms with Gasteiger partial charge in [-0.05, 0) is 71.1 Å². The standard InChI is InChI=1S/C26H25ClN2S2/c1-18-24-15-22(27)11-12-25(24)30-26(18)31-28-23-13-14-29(17-23)16-19-7-9-21(10-8-19)20-5-3-2-4-6-20/h2-12,15,23,28H,13-14,16-17H2,1H3. The third kappa shape index (κ3) is 4.84. The minimum Gasteiger partial charge on any atom is -0.297 e. The third-order valence-corrected chi connectivity index (χ3v) is 8.66. The molecule has 5 heteroatoms. The second-order valence-corrected chi connectivity index (χ2v) is 10.8. The minimum atomic E-state index is 0.516. The van der Waals surface area contributed by atoms with Crippen molar-refractivity contribution in [3.05, 3.63) is 88.9 Å². The van der Waals surface area contributed by atoms with Crippen LogP contribution < -0.4 is 4.72 Å². The topological polar surface area (TPSA) is 15.3 Å². The SMILES string of the molecule is Cc1c(SNC2CCN(Cc3ccc(-c4ccccc4)cc3)C2)sc2ccc(Cl)cc12. The Labute approximate surface area is 197 Å². The van der Waals surface area contributed by atoms with Gasteiger partial charge in [0.25, 0.3) is 0 Å². The number of hydrogen-bond donors (Lipinski definition) is 1. The Morgan fingerprint density at radius 1 is 1.03 bits per heavy atom. The molecule has 0 spiro atoms. The normalized spacial score (nSPS) is 16.9. The molecule has 1 aromatic heterocycles. The van der Waals surface area contributed by atoms with Crippen molar-refractivity contribution in [2.45, 2.75) is 30.1 Å². The number of thiophene rings is 1. The van der Waals surface area contributed by atoms with Crippen LogP contribution in [0.1, 0.15) is 17.5 Å². The van der Waals surface area contributed by atoms with Crippen LogP contribution in [0.4, 0.5) is 0 Å². The van der Waals surface area contributed by atoms with E-state index in [0.29, 0.717) is 6.04 Å². The number of halogens is 1. The number of aryl methyl sites for hydroxylation is 1. The van der Waals surface area contributed by atoms with E-state index >= 15 is 0 Å². The van der Waals surface area contributed by atoms with Gasteiger partial charge in [0.1, 0.15) is 0 Å². The van der Waals surface area contributed by atoms with Crippen molar-refractivity contribution in [1.29, 1.82) is 0 Å². The third-order valence-electron chi connectivity index (χ3n) is 5.91. The van der Waals surface area contributed by atoms with Crippen LogP contribution in [0.15, 0.2) is 77.0 Å². The molecule has 1 fully saturated rings. The molecule has 1 unspecified atom stereocenters. The maximum absolute atomic E-state index is 6.18. The average Bonchev–Trinajstić information content (AvgIpc) is 3.37. The van der Waals surface area contributed by atoms with E-state index in [1.807, 2.05) is 17.4 Å². The molecule has 1 aliphatic heterocycles. The van der Waals surface area contributed by atoms with Gasteiger partial charge in [-0.25, -0.2) is 0 Å². The first kappa shape index (κ1) is 21.0. The Morgan fingerprint density at radius 3 is 2.61 bits per heavy atom. The molecule has 1 N–H and O–H groups in total. The summed E-state index contributed by atoms with van der Waals surface area (Å²) in [6.45, 7) is 5.43. The summed E-state index contributed by atoms with van der Waals surface area (Å²) >= 11 is 9.81. The van der Waals surface area contributed by atoms with Gasteiger partial charge in [-0.1, -0.05) is 66.2 Å². The second kappa shape index (κ2) is 9.35. The molecule has 0 saturated carbocycles. The average molecular weight is 465 g/mol. The van der Waals surface area contributed by atoms with Gasteiger partial charge in [-0.15, -0.1) is 11.3 Å². The van der Waals surface area contributed by atoms with Crippen LogP contribution in [0.25, 0.3) is 21.2 Å². The van der Waals surface area contributed by atoms with Crippen LogP contribution >= 0.6 is 34.9 Å². The van der Waals surface area contributed by atoms with Crippen molar-refractivity contribution < 1.29 is 0 Å². The molecule has 1 saturated heterocycles. The first-order valence-electron chi connectivity index (χ1n) is 10.6. The molecule has 3 aromatic carbocycles. The summed E-state index contributed by atoms with van der Waals surface area (Å²) < 4.78 is 6.36. The maximum Gasteiger partial charge on any atom is 0.0793 e. The zero-order chi connectivity index (χ0) is 21.2. The summed E-state index contributed by atoms with van der Waals surface area (Å²) in [5.41, 5.74) is 5.26. The van der Waals surface area contributed by atoms with Gasteiger partial charge in [-0.2, -0.15) is 0 Å². The highest BCUT2D eigenvalue weighted by Crippen LogP contribution is 2.38. The van der Waals surface area contributed by atoms with Crippen LogP contribution in [-0.4, -0.2) is 24.0 Å². The highest BCUT2D eigenvalue weighted by molar-refractivity contribution is 7.99. The fourth-order valence-corrected chi connectivity index (χ4v) is 6.57. The Hall–Kier alpha value is -1.82. The van der Waals surface area contributed by atoms with E-state index in [1.54, 1.807) is 11.9 Å². The number of likely N-dealkylation sites (tertiary alicyclic amines) is 1. The molecule has 0 aliphatic carbocycles. The lowest BCUT2D eigenvalue weighted by molar-refractivity contribution is 0.325. The van der Waals surface area contributed by atoms with E-state index in [9.17, 15) is 0 Å². The van der Waals surface area contributed by atoms with E-state index in [0.717, 1.165) is 24.7 Å². The van der Waals surface area contributed by atoms with Crippen LogP contribution in [0.2, 0.25) is 5.02 Å². The molecular formula is C26H25ClN2S2. The first-order valence-corrected chi connectivity index (χ1v) is 12.6. The van der Waals surface area contributed by atoms with Gasteiger partial charge >= 0.3 is 0 Å². The summed E-state index contributed by atoms with van der Waals surface area (Å²) in [4.78, 5) is 2.55. The lowest BCUT2D eigenvalue weighted by Gasteiger charge is -2.17. The lowest BCUT2D eigenvalue weighted by Crippen LogP contribution is -2.28. The molecule has 31 heavy (non-hydrogen) atoms. The van der Waals surface area contributed by atoms with Gasteiger partial charge in [0, 0.05) is 35.4 Å². The van der Waals surface area contributed by atoms with E-state index in [-0.39, 0.29) is 0 Å². The fourth-order valence-electron chi connectivity index (χ4n) is 4.17. The highest BCUT2D eigenvalue weighted by Gasteiger charge is 2.23. The number of hydrogen-bond acceptors (Lipinski definition) is 4. The van der Waals surface area contributed by atoms with Gasteiger partial charge in [0.15, 0.2) is 0 Å². The number of benzene rings is 3. The monoisotopic (exact) mass is 464 g/mol. The van der Waals surface area contributed by atoms with E-state index in [2.05, 4.69) is 83.3 Å². The van der Waals surface area contributed by atoms with Gasteiger partial charge in [0.2, 0.25) is 0 Å². The van der Waals surface area contributed by atoms with Crippen molar-refractivity contribution in [2.24, 2.45) is 0 Å². The number of nitrogens with one attached hydrogen (secondary N) is 1. The van der Waals surface area contributed by atoms with Gasteiger partial charge in [0.05, 0.1) is 4.21 Å². The summed E-state index contributed by atoms with van der Waals surface area (Å²) in [5, 5.41) is 2.08. The molecule has 158 valence electrons. The lowest BCUT2D eigenvalue weighted by atomic mass is 10.0. The Balaban J connectivity index is 1.16. The van der Waals surface area contributed by atoms with Crippen molar-refractivity contribution in [3.8, 4) is 11.1 Å². The molecule has 1 aliphatic rings. The van der Waals surface area contributed by atoms with Crippen LogP contribution in [0, 0.1) is 6.92 Å². The van der Waals surface area contributed by atoms with Crippen molar-refractivity contribution >= 4 is 45.0 Å². The Morgan fingerprint density at radius 2 is 1.81 bits per heavy atom. The molecule has 4 aromatic rings. The zero-order valence-corrected chi connectivity index (χ0v) is 19.9. The van der Waals surface area contributed by atoms with Gasteiger partial charge < -0.3 is 0 Å². The number of fused-ring (bicyclic) bond motifs is 1. The molecular weight excluding hydrogens is 440 g/mol. The molecule has 0 radical (unpaired) electrons. The molecule has 0 bridgehead atoms. The Kier molecular flexibility index (Phi) is 6.35. The maximum atomic E-state index is 6.18. The van der Waals surface area contributed by atoms with Crippen molar-refractivity contribution in [3.63, 3.8) is 0 Å². The predicted octanol–water partition coefficient (Wildman–Crippen LogP) is 7.40. The zero-order valence-electron chi connectivity index (χ0n) is 17.5. The minimum absolute atomic E-state index is 0.516. The first-order chi connectivity index (χ1) is 15.2. The predicted molar refractivity (Wildman–Crippen MR) is 136 cm³/mol. The molecule has 2 nitrogen and oxygen atoms in total. The van der Waals surface area contributed by atoms with Gasteiger partial charge in [-0.3, -0.25) is 9.62 Å². The number of rotatable bonds is 6. The summed E-state index contributed by atoms with van der Waals surface area (Å²) in [7, 11) is 0. The highest BCUT2D eigenvalue weighted by atomic mass is 35.5. The van der Waals surface area contributed by atoms with Crippen LogP contribution in [0.3, 0.4) is 0 Å².